The molecule has 0 aliphatic rings. The molecule has 0 unspecified atom stereocenters. The second-order valence-corrected chi connectivity index (χ2v) is 6.00. The number of fused-ring (bicyclic) bond motifs is 1. The van der Waals surface area contributed by atoms with E-state index in [9.17, 15) is 0 Å². The van der Waals surface area contributed by atoms with Crippen molar-refractivity contribution < 1.29 is 0 Å². The molecular formula is C13H13BrCl2N2. The lowest BCUT2D eigenvalue weighted by Gasteiger charge is -2.14. The molecular weight excluding hydrogens is 335 g/mol. The second-order valence-electron chi connectivity index (χ2n) is 4.39. The van der Waals surface area contributed by atoms with Gasteiger partial charge in [0.25, 0.3) is 0 Å². The first kappa shape index (κ1) is 13.9. The molecule has 0 bridgehead atoms. The van der Waals surface area contributed by atoms with Crippen LogP contribution in [-0.4, -0.2) is 12.0 Å². The number of nitrogens with one attached hydrogen (secondary N) is 1. The molecule has 96 valence electrons. The number of nitrogens with zero attached hydrogens (tertiary/aromatic N) is 1. The van der Waals surface area contributed by atoms with Crippen molar-refractivity contribution in [2.24, 2.45) is 0 Å². The fourth-order valence-corrected chi connectivity index (χ4v) is 2.84. The topological polar surface area (TPSA) is 24.9 Å². The highest BCUT2D eigenvalue weighted by Gasteiger charge is 2.14. The highest BCUT2D eigenvalue weighted by Crippen LogP contribution is 2.38. The van der Waals surface area contributed by atoms with Crippen LogP contribution >= 0.6 is 39.1 Å². The number of rotatable bonds is 2. The van der Waals surface area contributed by atoms with Gasteiger partial charge in [-0.2, -0.15) is 0 Å². The Hall–Kier alpha value is -0.510. The SMILES string of the molecule is CNc1nc2c(Cl)c(Cl)c(Br)cc2cc1C(C)C. The number of benzene rings is 1. The van der Waals surface area contributed by atoms with Gasteiger partial charge in [-0.25, -0.2) is 4.98 Å². The van der Waals surface area contributed by atoms with Gasteiger partial charge in [0.2, 0.25) is 0 Å². The van der Waals surface area contributed by atoms with E-state index in [-0.39, 0.29) is 0 Å². The lowest BCUT2D eigenvalue weighted by Crippen LogP contribution is -2.01. The van der Waals surface area contributed by atoms with Crippen LogP contribution in [-0.2, 0) is 0 Å². The van der Waals surface area contributed by atoms with E-state index >= 15 is 0 Å². The fourth-order valence-electron chi connectivity index (χ4n) is 1.88. The molecule has 0 aliphatic carbocycles. The van der Waals surface area contributed by atoms with E-state index in [1.807, 2.05) is 13.1 Å². The molecule has 2 rings (SSSR count). The van der Waals surface area contributed by atoms with Gasteiger partial charge in [0.1, 0.15) is 5.82 Å². The molecule has 2 nitrogen and oxygen atoms in total. The summed E-state index contributed by atoms with van der Waals surface area (Å²) in [5.74, 6) is 1.23. The van der Waals surface area contributed by atoms with Crippen molar-refractivity contribution in [3.63, 3.8) is 0 Å². The molecule has 0 radical (unpaired) electrons. The third-order valence-electron chi connectivity index (χ3n) is 2.83. The van der Waals surface area contributed by atoms with Crippen LogP contribution in [0.4, 0.5) is 5.82 Å². The highest BCUT2D eigenvalue weighted by atomic mass is 79.9. The Morgan fingerprint density at radius 3 is 2.44 bits per heavy atom. The minimum atomic E-state index is 0.387. The molecule has 1 heterocycles. The predicted molar refractivity (Wildman–Crippen MR) is 83.1 cm³/mol. The van der Waals surface area contributed by atoms with Gasteiger partial charge < -0.3 is 5.32 Å². The zero-order chi connectivity index (χ0) is 13.4. The monoisotopic (exact) mass is 346 g/mol. The van der Waals surface area contributed by atoms with Gasteiger partial charge in [-0.05, 0) is 39.5 Å². The van der Waals surface area contributed by atoms with Gasteiger partial charge >= 0.3 is 0 Å². The standard InChI is InChI=1S/C13H13BrCl2N2/c1-6(2)8-4-7-5-9(14)10(15)11(16)12(7)18-13(8)17-3/h4-6H,1-3H3,(H,17,18). The third-order valence-corrected chi connectivity index (χ3v) is 4.54. The molecule has 1 N–H and O–H groups in total. The van der Waals surface area contributed by atoms with Crippen molar-refractivity contribution in [3.8, 4) is 0 Å². The lowest BCUT2D eigenvalue weighted by molar-refractivity contribution is 0.864. The zero-order valence-electron chi connectivity index (χ0n) is 10.3. The quantitative estimate of drug-likeness (QED) is 0.728. The first-order valence-electron chi connectivity index (χ1n) is 5.61. The first-order valence-corrected chi connectivity index (χ1v) is 7.16. The van der Waals surface area contributed by atoms with Gasteiger partial charge in [-0.15, -0.1) is 0 Å². The Kier molecular flexibility index (Phi) is 4.05. The molecule has 2 aromatic rings. The summed E-state index contributed by atoms with van der Waals surface area (Å²) in [6, 6.07) is 4.05. The molecule has 0 atom stereocenters. The van der Waals surface area contributed by atoms with Gasteiger partial charge in [0.15, 0.2) is 0 Å². The normalized spacial score (nSPS) is 11.3. The highest BCUT2D eigenvalue weighted by molar-refractivity contribution is 9.10. The fraction of sp³-hybridized carbons (Fsp3) is 0.308. The van der Waals surface area contributed by atoms with Crippen molar-refractivity contribution in [1.82, 2.24) is 4.98 Å². The molecule has 0 fully saturated rings. The average molecular weight is 348 g/mol. The van der Waals surface area contributed by atoms with Crippen molar-refractivity contribution in [2.75, 3.05) is 12.4 Å². The Labute approximate surface area is 125 Å². The summed E-state index contributed by atoms with van der Waals surface area (Å²) in [6.45, 7) is 4.27. The molecule has 1 aromatic carbocycles. The Balaban J connectivity index is 2.83. The maximum absolute atomic E-state index is 6.24. The predicted octanol–water partition coefficient (Wildman–Crippen LogP) is 5.47. The zero-order valence-corrected chi connectivity index (χ0v) is 13.4. The summed E-state index contributed by atoms with van der Waals surface area (Å²) in [4.78, 5) is 4.57. The second kappa shape index (κ2) is 5.24. The maximum Gasteiger partial charge on any atom is 0.129 e. The Morgan fingerprint density at radius 2 is 1.89 bits per heavy atom. The molecule has 0 amide bonds. The molecule has 1 aromatic heterocycles. The summed E-state index contributed by atoms with van der Waals surface area (Å²) >= 11 is 15.8. The van der Waals surface area contributed by atoms with Gasteiger partial charge in [0, 0.05) is 16.9 Å². The summed E-state index contributed by atoms with van der Waals surface area (Å²) in [5.41, 5.74) is 1.88. The van der Waals surface area contributed by atoms with E-state index in [4.69, 9.17) is 23.2 Å². The van der Waals surface area contributed by atoms with Crippen LogP contribution in [0.25, 0.3) is 10.9 Å². The number of hydrogen-bond acceptors (Lipinski definition) is 2. The molecule has 18 heavy (non-hydrogen) atoms. The summed E-state index contributed by atoms with van der Waals surface area (Å²) < 4.78 is 0.787. The first-order chi connectivity index (χ1) is 8.45. The van der Waals surface area contributed by atoms with Gasteiger partial charge in [0.05, 0.1) is 15.6 Å². The lowest BCUT2D eigenvalue weighted by atomic mass is 10.0. The molecule has 0 saturated heterocycles. The van der Waals surface area contributed by atoms with E-state index < -0.39 is 0 Å². The van der Waals surface area contributed by atoms with Crippen molar-refractivity contribution in [2.45, 2.75) is 19.8 Å². The van der Waals surface area contributed by atoms with E-state index in [2.05, 4.69) is 46.1 Å². The smallest absolute Gasteiger partial charge is 0.129 e. The Bertz CT molecular complexity index is 612. The number of anilines is 1. The van der Waals surface area contributed by atoms with E-state index in [0.29, 0.717) is 16.0 Å². The largest absolute Gasteiger partial charge is 0.373 e. The van der Waals surface area contributed by atoms with Crippen LogP contribution in [0.15, 0.2) is 16.6 Å². The number of hydrogen-bond donors (Lipinski definition) is 1. The minimum absolute atomic E-state index is 0.387. The maximum atomic E-state index is 6.24. The third kappa shape index (κ3) is 2.31. The summed E-state index contributed by atoms with van der Waals surface area (Å²) in [7, 11) is 1.86. The van der Waals surface area contributed by atoms with Crippen LogP contribution in [0.1, 0.15) is 25.3 Å². The van der Waals surface area contributed by atoms with Gasteiger partial charge in [-0.1, -0.05) is 37.0 Å². The van der Waals surface area contributed by atoms with E-state index in [0.717, 1.165) is 26.8 Å². The average Bonchev–Trinajstić information content (AvgIpc) is 2.34. The number of halogens is 3. The summed E-state index contributed by atoms with van der Waals surface area (Å²) in [5, 5.41) is 5.07. The van der Waals surface area contributed by atoms with Crippen LogP contribution in [0.2, 0.25) is 10.0 Å². The molecule has 0 aliphatic heterocycles. The van der Waals surface area contributed by atoms with Crippen molar-refractivity contribution in [3.05, 3.63) is 32.2 Å². The number of pyridine rings is 1. The van der Waals surface area contributed by atoms with Gasteiger partial charge in [-0.3, -0.25) is 0 Å². The summed E-state index contributed by atoms with van der Waals surface area (Å²) in [6.07, 6.45) is 0. The Morgan fingerprint density at radius 1 is 1.22 bits per heavy atom. The number of aromatic nitrogens is 1. The van der Waals surface area contributed by atoms with E-state index in [1.165, 1.54) is 0 Å². The minimum Gasteiger partial charge on any atom is -0.373 e. The van der Waals surface area contributed by atoms with Crippen LogP contribution in [0.5, 0.6) is 0 Å². The van der Waals surface area contributed by atoms with Crippen LogP contribution in [0.3, 0.4) is 0 Å². The molecule has 0 saturated carbocycles. The van der Waals surface area contributed by atoms with E-state index in [1.54, 1.807) is 0 Å². The molecule has 5 heteroatoms. The van der Waals surface area contributed by atoms with Crippen molar-refractivity contribution in [1.29, 1.82) is 0 Å². The van der Waals surface area contributed by atoms with Crippen LogP contribution in [0, 0.1) is 0 Å². The van der Waals surface area contributed by atoms with Crippen LogP contribution < -0.4 is 5.32 Å². The molecule has 0 spiro atoms. The van der Waals surface area contributed by atoms with Crippen molar-refractivity contribution >= 4 is 55.9 Å².